The molecule has 8 heteroatoms. The summed E-state index contributed by atoms with van der Waals surface area (Å²) in [5.74, 6) is -0.0599. The molecular formula is C33H35N3O4S. The molecule has 0 amide bonds. The number of aryl methyl sites for hydroxylation is 1. The van der Waals surface area contributed by atoms with E-state index in [0.717, 1.165) is 44.8 Å². The van der Waals surface area contributed by atoms with Crippen molar-refractivity contribution in [2.45, 2.75) is 39.0 Å². The van der Waals surface area contributed by atoms with Crippen LogP contribution in [-0.4, -0.2) is 34.0 Å². The van der Waals surface area contributed by atoms with Gasteiger partial charge in [0.15, 0.2) is 0 Å². The number of carbonyl (C=O) groups is 1. The van der Waals surface area contributed by atoms with E-state index < -0.39 is 12.0 Å². The molecule has 0 bridgehead atoms. The van der Waals surface area contributed by atoms with Crippen molar-refractivity contribution in [1.29, 1.82) is 0 Å². The molecule has 7 nitrogen and oxygen atoms in total. The van der Waals surface area contributed by atoms with Gasteiger partial charge in [-0.05, 0) is 76.9 Å². The van der Waals surface area contributed by atoms with Crippen LogP contribution in [0.2, 0.25) is 0 Å². The number of para-hydroxylation sites is 1. The summed E-state index contributed by atoms with van der Waals surface area (Å²) in [5.41, 5.74) is 7.58. The number of aliphatic carboxylic acids is 1. The number of nitro benzene ring substituents is 1. The molecular weight excluding hydrogens is 534 g/mol. The van der Waals surface area contributed by atoms with Crippen molar-refractivity contribution < 1.29 is 14.8 Å². The van der Waals surface area contributed by atoms with Gasteiger partial charge in [0.05, 0.1) is 4.92 Å². The SMILES string of the molecule is CSCC[C@H](NCc1ccc(CN(Cc2ccc([N+](=O)[O-])cc2)c2ccccc2)cc1-c1ccccc1C)C(=O)O. The molecule has 1 atom stereocenters. The number of hydrogen-bond donors (Lipinski definition) is 2. The van der Waals surface area contributed by atoms with Crippen LogP contribution in [0.1, 0.15) is 28.7 Å². The summed E-state index contributed by atoms with van der Waals surface area (Å²) in [6, 6.07) is 30.8. The van der Waals surface area contributed by atoms with Crippen molar-refractivity contribution in [3.63, 3.8) is 0 Å². The van der Waals surface area contributed by atoms with E-state index in [9.17, 15) is 20.0 Å². The van der Waals surface area contributed by atoms with E-state index in [1.165, 1.54) is 0 Å². The molecule has 0 aliphatic heterocycles. The first-order valence-corrected chi connectivity index (χ1v) is 14.9. The van der Waals surface area contributed by atoms with Crippen LogP contribution in [0.3, 0.4) is 0 Å². The lowest BCUT2D eigenvalue weighted by atomic mass is 9.93. The molecule has 4 rings (SSSR count). The number of non-ortho nitro benzene ring substituents is 1. The minimum atomic E-state index is -0.835. The third kappa shape index (κ3) is 8.19. The van der Waals surface area contributed by atoms with Crippen LogP contribution in [0, 0.1) is 17.0 Å². The van der Waals surface area contributed by atoms with Crippen LogP contribution in [0.5, 0.6) is 0 Å². The Balaban J connectivity index is 1.65. The molecule has 4 aromatic carbocycles. The van der Waals surface area contributed by atoms with Crippen LogP contribution < -0.4 is 10.2 Å². The minimum absolute atomic E-state index is 0.0747. The molecule has 0 aliphatic rings. The second kappa shape index (κ2) is 14.5. The molecule has 41 heavy (non-hydrogen) atoms. The number of benzene rings is 4. The summed E-state index contributed by atoms with van der Waals surface area (Å²) in [7, 11) is 0. The Morgan fingerprint density at radius 2 is 1.59 bits per heavy atom. The van der Waals surface area contributed by atoms with Crippen molar-refractivity contribution in [2.75, 3.05) is 16.9 Å². The van der Waals surface area contributed by atoms with Gasteiger partial charge in [0.2, 0.25) is 0 Å². The normalized spacial score (nSPS) is 11.7. The van der Waals surface area contributed by atoms with Crippen molar-refractivity contribution in [1.82, 2.24) is 5.32 Å². The maximum Gasteiger partial charge on any atom is 0.320 e. The van der Waals surface area contributed by atoms with E-state index in [4.69, 9.17) is 0 Å². The van der Waals surface area contributed by atoms with Crippen LogP contribution in [-0.2, 0) is 24.4 Å². The van der Waals surface area contributed by atoms with E-state index in [1.54, 1.807) is 36.0 Å². The van der Waals surface area contributed by atoms with E-state index in [-0.39, 0.29) is 10.6 Å². The summed E-state index contributed by atoms with van der Waals surface area (Å²) < 4.78 is 0. The topological polar surface area (TPSA) is 95.7 Å². The fraction of sp³-hybridized carbons (Fsp3) is 0.242. The van der Waals surface area contributed by atoms with Gasteiger partial charge in [-0.2, -0.15) is 11.8 Å². The van der Waals surface area contributed by atoms with Gasteiger partial charge < -0.3 is 15.3 Å². The van der Waals surface area contributed by atoms with E-state index >= 15 is 0 Å². The molecule has 0 radical (unpaired) electrons. The van der Waals surface area contributed by atoms with E-state index in [1.807, 2.05) is 36.6 Å². The summed E-state index contributed by atoms with van der Waals surface area (Å²) in [4.78, 5) is 24.8. The Morgan fingerprint density at radius 3 is 2.24 bits per heavy atom. The number of hydrogen-bond acceptors (Lipinski definition) is 6. The number of carboxylic acid groups (broad SMARTS) is 1. The third-order valence-corrected chi connectivity index (χ3v) is 7.72. The number of thioether (sulfide) groups is 1. The summed E-state index contributed by atoms with van der Waals surface area (Å²) in [6.45, 7) is 3.74. The van der Waals surface area contributed by atoms with Crippen LogP contribution in [0.15, 0.2) is 97.1 Å². The van der Waals surface area contributed by atoms with Gasteiger partial charge >= 0.3 is 5.97 Å². The second-order valence-corrected chi connectivity index (χ2v) is 11.0. The summed E-state index contributed by atoms with van der Waals surface area (Å²) >= 11 is 1.64. The molecule has 0 aromatic heterocycles. The van der Waals surface area contributed by atoms with Crippen molar-refractivity contribution in [3.8, 4) is 11.1 Å². The summed E-state index contributed by atoms with van der Waals surface area (Å²) in [5, 5.41) is 24.1. The van der Waals surface area contributed by atoms with Crippen LogP contribution >= 0.6 is 11.8 Å². The monoisotopic (exact) mass is 569 g/mol. The maximum atomic E-state index is 11.8. The van der Waals surface area contributed by atoms with Gasteiger partial charge in [-0.3, -0.25) is 14.9 Å². The molecule has 4 aromatic rings. The highest BCUT2D eigenvalue weighted by Gasteiger charge is 2.18. The van der Waals surface area contributed by atoms with Crippen molar-refractivity contribution in [2.24, 2.45) is 0 Å². The van der Waals surface area contributed by atoms with Crippen molar-refractivity contribution >= 4 is 29.1 Å². The molecule has 0 unspecified atom stereocenters. The van der Waals surface area contributed by atoms with Gasteiger partial charge in [-0.25, -0.2) is 0 Å². The van der Waals surface area contributed by atoms with Gasteiger partial charge in [0, 0.05) is 37.5 Å². The number of carboxylic acids is 1. The molecule has 0 heterocycles. The Kier molecular flexibility index (Phi) is 10.5. The summed E-state index contributed by atoms with van der Waals surface area (Å²) in [6.07, 6.45) is 2.54. The lowest BCUT2D eigenvalue weighted by molar-refractivity contribution is -0.384. The average Bonchev–Trinajstić information content (AvgIpc) is 2.98. The highest BCUT2D eigenvalue weighted by Crippen LogP contribution is 2.30. The predicted octanol–water partition coefficient (Wildman–Crippen LogP) is 7.07. The fourth-order valence-electron chi connectivity index (χ4n) is 4.82. The highest BCUT2D eigenvalue weighted by molar-refractivity contribution is 7.98. The van der Waals surface area contributed by atoms with E-state index in [2.05, 4.69) is 59.6 Å². The predicted molar refractivity (Wildman–Crippen MR) is 167 cm³/mol. The zero-order valence-electron chi connectivity index (χ0n) is 23.3. The first-order valence-electron chi connectivity index (χ1n) is 13.5. The largest absolute Gasteiger partial charge is 0.480 e. The minimum Gasteiger partial charge on any atom is -0.480 e. The quantitative estimate of drug-likeness (QED) is 0.124. The van der Waals surface area contributed by atoms with Gasteiger partial charge in [-0.15, -0.1) is 0 Å². The fourth-order valence-corrected chi connectivity index (χ4v) is 5.30. The number of nitro groups is 1. The molecule has 0 fully saturated rings. The molecule has 212 valence electrons. The molecule has 0 saturated carbocycles. The first-order chi connectivity index (χ1) is 19.9. The zero-order chi connectivity index (χ0) is 29.2. The molecule has 0 saturated heterocycles. The van der Waals surface area contributed by atoms with E-state index in [0.29, 0.717) is 26.1 Å². The standard InChI is InChI=1S/C33H35N3O4S/c1-24-8-6-7-11-30(24)31-20-26(12-15-27(31)21-34-32(33(37)38)18-19-41-2)23-35(28-9-4-3-5-10-28)22-25-13-16-29(17-14-25)36(39)40/h3-17,20,32,34H,18-19,21-23H2,1-2H3,(H,37,38)/t32-/m0/s1. The van der Waals surface area contributed by atoms with Gasteiger partial charge in [-0.1, -0.05) is 66.7 Å². The average molecular weight is 570 g/mol. The van der Waals surface area contributed by atoms with Gasteiger partial charge in [0.25, 0.3) is 5.69 Å². The Morgan fingerprint density at radius 1 is 0.927 bits per heavy atom. The van der Waals surface area contributed by atoms with Gasteiger partial charge in [0.1, 0.15) is 6.04 Å². The Hall–Kier alpha value is -4.14. The lowest BCUT2D eigenvalue weighted by Crippen LogP contribution is -2.36. The zero-order valence-corrected chi connectivity index (χ0v) is 24.1. The molecule has 0 aliphatic carbocycles. The van der Waals surface area contributed by atoms with Crippen LogP contribution in [0.4, 0.5) is 11.4 Å². The third-order valence-electron chi connectivity index (χ3n) is 7.07. The second-order valence-electron chi connectivity index (χ2n) is 9.97. The Labute approximate surface area is 245 Å². The van der Waals surface area contributed by atoms with Crippen LogP contribution in [0.25, 0.3) is 11.1 Å². The number of nitrogens with zero attached hydrogens (tertiary/aromatic N) is 2. The first kappa shape index (κ1) is 29.8. The lowest BCUT2D eigenvalue weighted by Gasteiger charge is -2.26. The van der Waals surface area contributed by atoms with Crippen molar-refractivity contribution in [3.05, 3.63) is 129 Å². The smallest absolute Gasteiger partial charge is 0.320 e. The maximum absolute atomic E-state index is 11.8. The molecule has 0 spiro atoms. The highest BCUT2D eigenvalue weighted by atomic mass is 32.2. The number of rotatable bonds is 14. The molecule has 2 N–H and O–H groups in total. The number of nitrogens with one attached hydrogen (secondary N) is 1. The number of anilines is 1. The Bertz CT molecular complexity index is 1460.